The number of fused-ring (bicyclic) bond motifs is 1. The molecule has 134 valence electrons. The highest BCUT2D eigenvalue weighted by molar-refractivity contribution is 7.22. The van der Waals surface area contributed by atoms with E-state index in [1.807, 2.05) is 49.4 Å². The van der Waals surface area contributed by atoms with Crippen molar-refractivity contribution in [1.29, 1.82) is 0 Å². The smallest absolute Gasteiger partial charge is 0.310 e. The summed E-state index contributed by atoms with van der Waals surface area (Å²) in [5, 5.41) is 0.991. The molecule has 1 aliphatic heterocycles. The third-order valence-electron chi connectivity index (χ3n) is 4.28. The molecule has 0 unspecified atom stereocenters. The maximum absolute atomic E-state index is 12.1. The molecule has 3 aromatic rings. The van der Waals surface area contributed by atoms with E-state index in [1.54, 1.807) is 11.3 Å². The highest BCUT2D eigenvalue weighted by Gasteiger charge is 2.32. The summed E-state index contributed by atoms with van der Waals surface area (Å²) >= 11 is 1.67. The molecule has 2 aromatic carbocycles. The molecule has 1 aromatic heterocycles. The Morgan fingerprint density at radius 1 is 1.19 bits per heavy atom. The summed E-state index contributed by atoms with van der Waals surface area (Å²) in [7, 11) is 0. The monoisotopic (exact) mass is 368 g/mol. The van der Waals surface area contributed by atoms with Gasteiger partial charge in [0.15, 0.2) is 5.13 Å². The molecule has 5 nitrogen and oxygen atoms in total. The third kappa shape index (κ3) is 3.65. The number of nitrogens with zero attached hydrogens (tertiary/aromatic N) is 2. The van der Waals surface area contributed by atoms with Crippen LogP contribution in [0.2, 0.25) is 0 Å². The molecular formula is C20H20N2O3S. The second kappa shape index (κ2) is 7.33. The van der Waals surface area contributed by atoms with Gasteiger partial charge in [-0.25, -0.2) is 4.98 Å². The highest BCUT2D eigenvalue weighted by Crippen LogP contribution is 2.31. The summed E-state index contributed by atoms with van der Waals surface area (Å²) in [4.78, 5) is 18.9. The summed E-state index contributed by atoms with van der Waals surface area (Å²) < 4.78 is 12.1. The Morgan fingerprint density at radius 2 is 1.96 bits per heavy atom. The maximum atomic E-state index is 12.1. The zero-order chi connectivity index (χ0) is 17.9. The van der Waals surface area contributed by atoms with Crippen LogP contribution in [0.5, 0.6) is 5.75 Å². The Kier molecular flexibility index (Phi) is 4.75. The fraction of sp³-hybridized carbons (Fsp3) is 0.300. The van der Waals surface area contributed by atoms with E-state index in [-0.39, 0.29) is 18.5 Å². The average molecular weight is 368 g/mol. The molecule has 0 radical (unpaired) electrons. The SMILES string of the molecule is CCOc1ccc(CC(=O)OC2CN(c3nc4ccccc4s3)C2)cc1. The van der Waals surface area contributed by atoms with Crippen LogP contribution in [0.25, 0.3) is 10.2 Å². The summed E-state index contributed by atoms with van der Waals surface area (Å²) in [5.41, 5.74) is 1.95. The van der Waals surface area contributed by atoms with Gasteiger partial charge in [-0.2, -0.15) is 0 Å². The van der Waals surface area contributed by atoms with Gasteiger partial charge in [0.25, 0.3) is 0 Å². The van der Waals surface area contributed by atoms with Crippen LogP contribution in [-0.2, 0) is 16.0 Å². The third-order valence-corrected chi connectivity index (χ3v) is 5.38. The van der Waals surface area contributed by atoms with Crippen molar-refractivity contribution >= 4 is 32.7 Å². The molecule has 0 N–H and O–H groups in total. The molecule has 1 aliphatic rings. The van der Waals surface area contributed by atoms with E-state index in [9.17, 15) is 4.79 Å². The molecule has 0 saturated carbocycles. The lowest BCUT2D eigenvalue weighted by atomic mass is 10.1. The van der Waals surface area contributed by atoms with Crippen molar-refractivity contribution in [3.8, 4) is 5.75 Å². The van der Waals surface area contributed by atoms with Gasteiger partial charge < -0.3 is 14.4 Å². The van der Waals surface area contributed by atoms with Crippen molar-refractivity contribution < 1.29 is 14.3 Å². The van der Waals surface area contributed by atoms with Crippen LogP contribution in [0.4, 0.5) is 5.13 Å². The zero-order valence-electron chi connectivity index (χ0n) is 14.6. The van der Waals surface area contributed by atoms with Gasteiger partial charge in [-0.05, 0) is 36.8 Å². The predicted octanol–water partition coefficient (Wildman–Crippen LogP) is 3.67. The lowest BCUT2D eigenvalue weighted by Gasteiger charge is -2.38. The van der Waals surface area contributed by atoms with E-state index >= 15 is 0 Å². The lowest BCUT2D eigenvalue weighted by molar-refractivity contribution is -0.149. The number of para-hydroxylation sites is 1. The number of benzene rings is 2. The molecule has 2 heterocycles. The Labute approximate surface area is 156 Å². The molecule has 6 heteroatoms. The number of hydrogen-bond acceptors (Lipinski definition) is 6. The van der Waals surface area contributed by atoms with Crippen molar-refractivity contribution in [3.63, 3.8) is 0 Å². The number of carbonyl (C=O) groups excluding carboxylic acids is 1. The Hall–Kier alpha value is -2.60. The molecule has 0 atom stereocenters. The molecular weight excluding hydrogens is 348 g/mol. The van der Waals surface area contributed by atoms with E-state index in [0.717, 1.165) is 22.0 Å². The number of hydrogen-bond donors (Lipinski definition) is 0. The summed E-state index contributed by atoms with van der Waals surface area (Å²) in [6, 6.07) is 15.7. The fourth-order valence-corrected chi connectivity index (χ4v) is 3.91. The molecule has 0 bridgehead atoms. The van der Waals surface area contributed by atoms with Crippen molar-refractivity contribution in [1.82, 2.24) is 4.98 Å². The molecule has 0 aliphatic carbocycles. The standard InChI is InChI=1S/C20H20N2O3S/c1-2-24-15-9-7-14(8-10-15)11-19(23)25-16-12-22(13-16)20-21-17-5-3-4-6-18(17)26-20/h3-10,16H,2,11-13H2,1H3. The van der Waals surface area contributed by atoms with E-state index in [1.165, 1.54) is 4.70 Å². The van der Waals surface area contributed by atoms with Crippen molar-refractivity contribution in [2.45, 2.75) is 19.4 Å². The molecule has 1 fully saturated rings. The first-order valence-electron chi connectivity index (χ1n) is 8.73. The van der Waals surface area contributed by atoms with Gasteiger partial charge in [0.2, 0.25) is 0 Å². The quantitative estimate of drug-likeness (QED) is 0.622. The molecule has 0 amide bonds. The highest BCUT2D eigenvalue weighted by atomic mass is 32.1. The van der Waals surface area contributed by atoms with Crippen molar-refractivity contribution in [3.05, 3.63) is 54.1 Å². The fourth-order valence-electron chi connectivity index (χ4n) is 2.93. The minimum absolute atomic E-state index is 0.0581. The Morgan fingerprint density at radius 3 is 2.69 bits per heavy atom. The van der Waals surface area contributed by atoms with E-state index in [4.69, 9.17) is 9.47 Å². The lowest BCUT2D eigenvalue weighted by Crippen LogP contribution is -2.53. The first-order valence-corrected chi connectivity index (χ1v) is 9.54. The van der Waals surface area contributed by atoms with Gasteiger partial charge in [-0.1, -0.05) is 35.6 Å². The second-order valence-corrected chi connectivity index (χ2v) is 7.24. The number of thiazole rings is 1. The van der Waals surface area contributed by atoms with Crippen LogP contribution >= 0.6 is 11.3 Å². The van der Waals surface area contributed by atoms with Gasteiger partial charge in [-0.15, -0.1) is 0 Å². The predicted molar refractivity (Wildman–Crippen MR) is 103 cm³/mol. The van der Waals surface area contributed by atoms with E-state index < -0.39 is 0 Å². The van der Waals surface area contributed by atoms with Gasteiger partial charge >= 0.3 is 5.97 Å². The minimum Gasteiger partial charge on any atom is -0.494 e. The van der Waals surface area contributed by atoms with Crippen molar-refractivity contribution in [2.75, 3.05) is 24.6 Å². The minimum atomic E-state index is -0.192. The molecule has 4 rings (SSSR count). The average Bonchev–Trinajstić information content (AvgIpc) is 3.03. The second-order valence-electron chi connectivity index (χ2n) is 6.23. The number of carbonyl (C=O) groups is 1. The van der Waals surface area contributed by atoms with Crippen LogP contribution in [0, 0.1) is 0 Å². The topological polar surface area (TPSA) is 51.7 Å². The first-order chi connectivity index (χ1) is 12.7. The number of esters is 1. The van der Waals surface area contributed by atoms with Crippen LogP contribution in [0.1, 0.15) is 12.5 Å². The number of ether oxygens (including phenoxy) is 2. The van der Waals surface area contributed by atoms with E-state index in [2.05, 4.69) is 16.0 Å². The van der Waals surface area contributed by atoms with Crippen LogP contribution in [-0.4, -0.2) is 36.8 Å². The largest absolute Gasteiger partial charge is 0.494 e. The van der Waals surface area contributed by atoms with Gasteiger partial charge in [0, 0.05) is 0 Å². The van der Waals surface area contributed by atoms with Gasteiger partial charge in [-0.3, -0.25) is 4.79 Å². The first kappa shape index (κ1) is 16.8. The van der Waals surface area contributed by atoms with Crippen LogP contribution < -0.4 is 9.64 Å². The summed E-state index contributed by atoms with van der Waals surface area (Å²) in [6.07, 6.45) is 0.224. The van der Waals surface area contributed by atoms with Gasteiger partial charge in [0.05, 0.1) is 36.3 Å². The normalized spacial score (nSPS) is 14.3. The number of aromatic nitrogens is 1. The molecule has 26 heavy (non-hydrogen) atoms. The van der Waals surface area contributed by atoms with Crippen LogP contribution in [0.3, 0.4) is 0 Å². The van der Waals surface area contributed by atoms with E-state index in [0.29, 0.717) is 19.7 Å². The summed E-state index contributed by atoms with van der Waals surface area (Å²) in [5.74, 6) is 0.623. The summed E-state index contributed by atoms with van der Waals surface area (Å²) in [6.45, 7) is 3.99. The Bertz CT molecular complexity index is 868. The zero-order valence-corrected chi connectivity index (χ0v) is 15.4. The van der Waals surface area contributed by atoms with Crippen molar-refractivity contribution in [2.24, 2.45) is 0 Å². The maximum Gasteiger partial charge on any atom is 0.310 e. The number of rotatable bonds is 6. The molecule has 0 spiro atoms. The van der Waals surface area contributed by atoms with Gasteiger partial charge in [0.1, 0.15) is 11.9 Å². The molecule has 1 saturated heterocycles. The number of anilines is 1. The van der Waals surface area contributed by atoms with Crippen LogP contribution in [0.15, 0.2) is 48.5 Å². The Balaban J connectivity index is 1.27.